The molecule has 2 aromatic carbocycles. The Balaban J connectivity index is 1.73. The van der Waals surface area contributed by atoms with Gasteiger partial charge in [0.05, 0.1) is 23.7 Å². The Labute approximate surface area is 212 Å². The van der Waals surface area contributed by atoms with Gasteiger partial charge in [0.25, 0.3) is 0 Å². The molecule has 1 saturated heterocycles. The SMILES string of the molecule is COc1ccc(CNc2c(F)c(N3CC(C)NC(C)C3)c(F)c3c2c(=O)c(C(=O)O)cn3C2CC2)cc1. The zero-order valence-corrected chi connectivity index (χ0v) is 21.0. The van der Waals surface area contributed by atoms with E-state index < -0.39 is 28.6 Å². The number of anilines is 2. The van der Waals surface area contributed by atoms with Crippen LogP contribution in [0.15, 0.2) is 35.3 Å². The first-order valence-corrected chi connectivity index (χ1v) is 12.4. The van der Waals surface area contributed by atoms with Gasteiger partial charge in [-0.3, -0.25) is 4.79 Å². The van der Waals surface area contributed by atoms with Crippen LogP contribution in [-0.2, 0) is 6.54 Å². The highest BCUT2D eigenvalue weighted by atomic mass is 19.1. The van der Waals surface area contributed by atoms with Gasteiger partial charge in [0.1, 0.15) is 17.0 Å². The summed E-state index contributed by atoms with van der Waals surface area (Å²) in [6, 6.07) is 6.94. The van der Waals surface area contributed by atoms with Crippen LogP contribution in [0.1, 0.15) is 48.7 Å². The highest BCUT2D eigenvalue weighted by Crippen LogP contribution is 2.42. The van der Waals surface area contributed by atoms with Gasteiger partial charge in [-0.25, -0.2) is 13.6 Å². The molecule has 3 aromatic rings. The van der Waals surface area contributed by atoms with Crippen molar-refractivity contribution in [3.63, 3.8) is 0 Å². The third kappa shape index (κ3) is 4.61. The second-order valence-corrected chi connectivity index (χ2v) is 9.97. The topological polar surface area (TPSA) is 95.8 Å². The number of halogens is 2. The lowest BCUT2D eigenvalue weighted by Crippen LogP contribution is -2.54. The zero-order chi connectivity index (χ0) is 26.4. The average molecular weight is 513 g/mol. The number of fused-ring (bicyclic) bond motifs is 1. The van der Waals surface area contributed by atoms with Crippen molar-refractivity contribution in [2.24, 2.45) is 0 Å². The molecular weight excluding hydrogens is 482 g/mol. The number of nitrogens with one attached hydrogen (secondary N) is 2. The lowest BCUT2D eigenvalue weighted by molar-refractivity contribution is 0.0694. The number of hydrogen-bond acceptors (Lipinski definition) is 6. The van der Waals surface area contributed by atoms with Crippen LogP contribution in [0.3, 0.4) is 0 Å². The standard InChI is InChI=1S/C27H30F2N4O4/c1-14-11-32(12-15(2)31-14)25-21(28)23(30-10-16-4-8-18(37-3)9-5-16)20-24(22(25)29)33(17-6-7-17)13-19(26(20)34)27(35)36/h4-5,8-9,13-15,17,30-31H,6-7,10-12H2,1-3H3,(H,35,36). The summed E-state index contributed by atoms with van der Waals surface area (Å²) in [4.78, 5) is 27.0. The van der Waals surface area contributed by atoms with Gasteiger partial charge in [-0.2, -0.15) is 0 Å². The van der Waals surface area contributed by atoms with Crippen molar-refractivity contribution in [2.75, 3.05) is 30.4 Å². The lowest BCUT2D eigenvalue weighted by atomic mass is 10.0. The summed E-state index contributed by atoms with van der Waals surface area (Å²) < 4.78 is 39.3. The number of ether oxygens (including phenoxy) is 1. The zero-order valence-electron chi connectivity index (χ0n) is 21.0. The Kier molecular flexibility index (Phi) is 6.53. The van der Waals surface area contributed by atoms with Crippen LogP contribution in [0.5, 0.6) is 5.75 Å². The van der Waals surface area contributed by atoms with Gasteiger partial charge in [-0.05, 0) is 44.4 Å². The number of nitrogens with zero attached hydrogens (tertiary/aromatic N) is 2. The van der Waals surface area contributed by atoms with Crippen molar-refractivity contribution in [1.82, 2.24) is 9.88 Å². The van der Waals surface area contributed by atoms with Crippen molar-refractivity contribution >= 4 is 28.2 Å². The number of piperazine rings is 1. The fourth-order valence-electron chi connectivity index (χ4n) is 5.21. The Morgan fingerprint density at radius 2 is 1.78 bits per heavy atom. The first-order chi connectivity index (χ1) is 17.7. The number of carboxylic acid groups (broad SMARTS) is 1. The molecule has 8 nitrogen and oxygen atoms in total. The van der Waals surface area contributed by atoms with Crippen molar-refractivity contribution in [2.45, 2.75) is 51.4 Å². The molecule has 0 amide bonds. The highest BCUT2D eigenvalue weighted by molar-refractivity contribution is 6.00. The molecule has 1 saturated carbocycles. The highest BCUT2D eigenvalue weighted by Gasteiger charge is 2.35. The third-order valence-corrected chi connectivity index (χ3v) is 7.00. The second kappa shape index (κ2) is 9.66. The van der Waals surface area contributed by atoms with E-state index in [1.807, 2.05) is 13.8 Å². The van der Waals surface area contributed by atoms with Gasteiger partial charge in [0.15, 0.2) is 11.6 Å². The minimum atomic E-state index is -1.43. The molecule has 3 N–H and O–H groups in total. The molecule has 10 heteroatoms. The van der Waals surface area contributed by atoms with Gasteiger partial charge in [-0.1, -0.05) is 12.1 Å². The van der Waals surface area contributed by atoms with E-state index in [0.29, 0.717) is 18.8 Å². The molecular formula is C27H30F2N4O4. The molecule has 2 heterocycles. The molecule has 2 aliphatic rings. The van der Waals surface area contributed by atoms with E-state index >= 15 is 8.78 Å². The smallest absolute Gasteiger partial charge is 0.341 e. The van der Waals surface area contributed by atoms with Gasteiger partial charge in [-0.15, -0.1) is 0 Å². The molecule has 2 unspecified atom stereocenters. The fourth-order valence-corrected chi connectivity index (χ4v) is 5.21. The summed E-state index contributed by atoms with van der Waals surface area (Å²) in [5, 5.41) is 15.8. The van der Waals surface area contributed by atoms with Crippen molar-refractivity contribution < 1.29 is 23.4 Å². The fraction of sp³-hybridized carbons (Fsp3) is 0.407. The Hall–Kier alpha value is -3.66. The summed E-state index contributed by atoms with van der Waals surface area (Å²) in [7, 11) is 1.55. The van der Waals surface area contributed by atoms with E-state index in [1.165, 1.54) is 10.8 Å². The summed E-state index contributed by atoms with van der Waals surface area (Å²) in [6.45, 7) is 4.78. The molecule has 1 aliphatic heterocycles. The molecule has 0 bridgehead atoms. The predicted octanol–water partition coefficient (Wildman–Crippen LogP) is 4.12. The van der Waals surface area contributed by atoms with Crippen LogP contribution in [0.2, 0.25) is 0 Å². The van der Waals surface area contributed by atoms with E-state index in [9.17, 15) is 14.7 Å². The quantitative estimate of drug-likeness (QED) is 0.438. The largest absolute Gasteiger partial charge is 0.497 e. The summed E-state index contributed by atoms with van der Waals surface area (Å²) in [5.41, 5.74) is -1.11. The summed E-state index contributed by atoms with van der Waals surface area (Å²) >= 11 is 0. The first-order valence-electron chi connectivity index (χ1n) is 12.4. The van der Waals surface area contributed by atoms with E-state index in [0.717, 1.165) is 18.4 Å². The monoisotopic (exact) mass is 512 g/mol. The number of rotatable bonds is 7. The maximum Gasteiger partial charge on any atom is 0.341 e. The van der Waals surface area contributed by atoms with Gasteiger partial charge < -0.3 is 29.9 Å². The molecule has 37 heavy (non-hydrogen) atoms. The van der Waals surface area contributed by atoms with Crippen LogP contribution in [0.25, 0.3) is 10.9 Å². The Morgan fingerprint density at radius 3 is 2.35 bits per heavy atom. The maximum absolute atomic E-state index is 16.3. The predicted molar refractivity (Wildman–Crippen MR) is 138 cm³/mol. The molecule has 0 spiro atoms. The number of hydrogen-bond donors (Lipinski definition) is 3. The molecule has 0 radical (unpaired) electrons. The summed E-state index contributed by atoms with van der Waals surface area (Å²) in [5.74, 6) is -2.52. The minimum absolute atomic E-state index is 0.00559. The normalized spacial score (nSPS) is 19.8. The average Bonchev–Trinajstić information content (AvgIpc) is 3.69. The first kappa shape index (κ1) is 25.0. The molecule has 1 aliphatic carbocycles. The number of methoxy groups -OCH3 is 1. The number of carboxylic acids is 1. The number of aromatic carboxylic acids is 1. The van der Waals surface area contributed by atoms with Crippen LogP contribution in [-0.4, -0.2) is 47.9 Å². The number of pyridine rings is 1. The van der Waals surface area contributed by atoms with Crippen molar-refractivity contribution in [3.05, 3.63) is 63.4 Å². The third-order valence-electron chi connectivity index (χ3n) is 7.00. The van der Waals surface area contributed by atoms with Crippen LogP contribution >= 0.6 is 0 Å². The van der Waals surface area contributed by atoms with E-state index in [4.69, 9.17) is 4.74 Å². The molecule has 1 aromatic heterocycles. The number of benzene rings is 2. The number of carbonyl (C=O) groups is 1. The molecule has 5 rings (SSSR count). The van der Waals surface area contributed by atoms with Gasteiger partial charge >= 0.3 is 5.97 Å². The minimum Gasteiger partial charge on any atom is -0.497 e. The van der Waals surface area contributed by atoms with E-state index in [-0.39, 0.29) is 46.9 Å². The van der Waals surface area contributed by atoms with Gasteiger partial charge in [0.2, 0.25) is 5.43 Å². The summed E-state index contributed by atoms with van der Waals surface area (Å²) in [6.07, 6.45) is 2.64. The molecule has 2 fully saturated rings. The molecule has 196 valence electrons. The lowest BCUT2D eigenvalue weighted by Gasteiger charge is -2.38. The van der Waals surface area contributed by atoms with E-state index in [2.05, 4.69) is 10.6 Å². The second-order valence-electron chi connectivity index (χ2n) is 9.97. The van der Waals surface area contributed by atoms with E-state index in [1.54, 1.807) is 36.3 Å². The Morgan fingerprint density at radius 1 is 1.14 bits per heavy atom. The van der Waals surface area contributed by atoms with Gasteiger partial charge in [0, 0.05) is 44.0 Å². The molecule has 2 atom stereocenters. The van der Waals surface area contributed by atoms with Crippen molar-refractivity contribution in [3.8, 4) is 5.75 Å². The van der Waals surface area contributed by atoms with Crippen LogP contribution in [0.4, 0.5) is 20.2 Å². The van der Waals surface area contributed by atoms with Crippen LogP contribution in [0, 0.1) is 11.6 Å². The van der Waals surface area contributed by atoms with Crippen molar-refractivity contribution in [1.29, 1.82) is 0 Å². The maximum atomic E-state index is 16.3. The van der Waals surface area contributed by atoms with Crippen LogP contribution < -0.4 is 25.7 Å². The Bertz CT molecular complexity index is 1410. The number of aromatic nitrogens is 1.